The second-order valence-corrected chi connectivity index (χ2v) is 14.7. The molecule has 222 valence electrons. The summed E-state index contributed by atoms with van der Waals surface area (Å²) in [5.74, 6) is 2.32. The largest absolute Gasteiger partial charge is 0.508 e. The number of aromatic hydroxyl groups is 1. The van der Waals surface area contributed by atoms with E-state index in [4.69, 9.17) is 0 Å². The standard InChI is InChI=1S/C38H43N3O2/c42-31-14-13-29-19-34-37-16-15-33-35(38(37,32(29)20-31)17-18-39(34)22-28-11-12-28)30(21-37)25-41(33)36(43)40(23-26-7-3-1-4-8-26)24-27-9-5-2-6-10-27/h1-10,13-14,20,28,30,33-35,42H,11-12,15-19,21-25H2/t30-,33?,34?,35?,37?,38?/m1/s1. The fourth-order valence-electron chi connectivity index (χ4n) is 11.1. The zero-order valence-corrected chi connectivity index (χ0v) is 25.1. The van der Waals surface area contributed by atoms with Crippen molar-refractivity contribution >= 4 is 6.03 Å². The number of piperidine rings is 1. The van der Waals surface area contributed by atoms with Gasteiger partial charge in [0.2, 0.25) is 0 Å². The van der Waals surface area contributed by atoms with Crippen molar-refractivity contribution in [3.8, 4) is 5.75 Å². The Balaban J connectivity index is 1.08. The molecule has 1 N–H and O–H groups in total. The molecule has 3 saturated carbocycles. The summed E-state index contributed by atoms with van der Waals surface area (Å²) in [4.78, 5) is 22.0. The number of urea groups is 1. The third-order valence-electron chi connectivity index (χ3n) is 12.7. The van der Waals surface area contributed by atoms with Gasteiger partial charge in [0.1, 0.15) is 5.75 Å². The molecule has 5 nitrogen and oxygen atoms in total. The molecular weight excluding hydrogens is 530 g/mol. The Bertz CT molecular complexity index is 1500. The predicted octanol–water partition coefficient (Wildman–Crippen LogP) is 6.59. The highest BCUT2D eigenvalue weighted by Gasteiger charge is 2.76. The van der Waals surface area contributed by atoms with E-state index >= 15 is 0 Å². The number of rotatable bonds is 6. The molecule has 0 aromatic heterocycles. The van der Waals surface area contributed by atoms with Crippen LogP contribution in [0.2, 0.25) is 0 Å². The molecule has 4 aliphatic carbocycles. The van der Waals surface area contributed by atoms with Crippen LogP contribution in [0.3, 0.4) is 0 Å². The minimum Gasteiger partial charge on any atom is -0.508 e. The average Bonchev–Trinajstić information content (AvgIpc) is 3.72. The number of likely N-dealkylation sites (tertiary alicyclic amines) is 2. The number of hydrogen-bond acceptors (Lipinski definition) is 3. The van der Waals surface area contributed by atoms with Crippen molar-refractivity contribution in [2.75, 3.05) is 19.6 Å². The van der Waals surface area contributed by atoms with Crippen LogP contribution in [0.25, 0.3) is 0 Å². The molecule has 2 amide bonds. The molecule has 3 aromatic rings. The molecule has 4 bridgehead atoms. The SMILES string of the molecule is O=C(N(Cc1ccccc1)Cc1ccccc1)N1C[C@H]2CC34CCC1C2C31CCN(CC2CC2)C4Cc2ccc(O)cc21. The Morgan fingerprint density at radius 1 is 0.907 bits per heavy atom. The lowest BCUT2D eigenvalue weighted by atomic mass is 9.43. The first-order valence-corrected chi connectivity index (χ1v) is 16.8. The van der Waals surface area contributed by atoms with Gasteiger partial charge in [0.25, 0.3) is 0 Å². The van der Waals surface area contributed by atoms with Gasteiger partial charge in [0.15, 0.2) is 0 Å². The van der Waals surface area contributed by atoms with Crippen LogP contribution in [0.15, 0.2) is 78.9 Å². The summed E-state index contributed by atoms with van der Waals surface area (Å²) < 4.78 is 0. The van der Waals surface area contributed by atoms with Crippen molar-refractivity contribution in [2.45, 2.75) is 75.5 Å². The van der Waals surface area contributed by atoms with Crippen LogP contribution in [0.4, 0.5) is 4.79 Å². The van der Waals surface area contributed by atoms with Gasteiger partial charge < -0.3 is 14.9 Å². The van der Waals surface area contributed by atoms with E-state index in [9.17, 15) is 9.90 Å². The molecule has 5 fully saturated rings. The fraction of sp³-hybridized carbons (Fsp3) is 0.500. The van der Waals surface area contributed by atoms with Crippen LogP contribution in [-0.2, 0) is 24.9 Å². The molecule has 3 aromatic carbocycles. The molecule has 6 atom stereocenters. The van der Waals surface area contributed by atoms with Crippen molar-refractivity contribution in [2.24, 2.45) is 23.2 Å². The van der Waals surface area contributed by atoms with Gasteiger partial charge in [0.05, 0.1) is 0 Å². The molecule has 6 aliphatic rings. The monoisotopic (exact) mass is 573 g/mol. The number of hydrogen-bond donors (Lipinski definition) is 1. The summed E-state index contributed by atoms with van der Waals surface area (Å²) in [6.07, 6.45) is 8.64. The number of carbonyl (C=O) groups is 1. The van der Waals surface area contributed by atoms with E-state index in [1.807, 2.05) is 18.2 Å². The molecule has 2 heterocycles. The van der Waals surface area contributed by atoms with Crippen molar-refractivity contribution in [3.63, 3.8) is 0 Å². The Morgan fingerprint density at radius 3 is 2.33 bits per heavy atom. The Kier molecular flexibility index (Phi) is 5.83. The van der Waals surface area contributed by atoms with E-state index < -0.39 is 0 Å². The third-order valence-corrected chi connectivity index (χ3v) is 12.7. The Labute approximate surface area is 255 Å². The van der Waals surface area contributed by atoms with Gasteiger partial charge in [-0.1, -0.05) is 66.7 Å². The van der Waals surface area contributed by atoms with Crippen molar-refractivity contribution in [1.29, 1.82) is 0 Å². The summed E-state index contributed by atoms with van der Waals surface area (Å²) in [6, 6.07) is 28.3. The first-order valence-electron chi connectivity index (χ1n) is 16.8. The van der Waals surface area contributed by atoms with E-state index in [2.05, 4.69) is 75.4 Å². The lowest BCUT2D eigenvalue weighted by molar-refractivity contribution is -0.102. The van der Waals surface area contributed by atoms with Gasteiger partial charge >= 0.3 is 6.03 Å². The van der Waals surface area contributed by atoms with E-state index in [0.29, 0.717) is 36.7 Å². The Morgan fingerprint density at radius 2 is 1.63 bits per heavy atom. The lowest BCUT2D eigenvalue weighted by Gasteiger charge is -2.66. The van der Waals surface area contributed by atoms with Crippen molar-refractivity contribution in [1.82, 2.24) is 14.7 Å². The molecule has 2 aliphatic heterocycles. The predicted molar refractivity (Wildman–Crippen MR) is 167 cm³/mol. The summed E-state index contributed by atoms with van der Waals surface area (Å²) in [5, 5.41) is 10.8. The molecular formula is C38H43N3O2. The van der Waals surface area contributed by atoms with Crippen LogP contribution in [-0.4, -0.2) is 57.6 Å². The van der Waals surface area contributed by atoms with Crippen LogP contribution >= 0.6 is 0 Å². The highest BCUT2D eigenvalue weighted by atomic mass is 16.3. The van der Waals surface area contributed by atoms with Gasteiger partial charge in [0, 0.05) is 43.7 Å². The maximum Gasteiger partial charge on any atom is 0.320 e. The zero-order valence-electron chi connectivity index (χ0n) is 25.1. The summed E-state index contributed by atoms with van der Waals surface area (Å²) in [6.45, 7) is 4.55. The van der Waals surface area contributed by atoms with Gasteiger partial charge in [-0.15, -0.1) is 0 Å². The maximum absolute atomic E-state index is 14.7. The smallest absolute Gasteiger partial charge is 0.320 e. The first kappa shape index (κ1) is 26.1. The van der Waals surface area contributed by atoms with Crippen LogP contribution in [0, 0.1) is 23.2 Å². The third kappa shape index (κ3) is 3.82. The van der Waals surface area contributed by atoms with E-state index in [1.165, 1.54) is 60.9 Å². The topological polar surface area (TPSA) is 47.0 Å². The van der Waals surface area contributed by atoms with E-state index in [0.717, 1.165) is 31.8 Å². The maximum atomic E-state index is 14.7. The molecule has 0 radical (unpaired) electrons. The molecule has 5 heteroatoms. The summed E-state index contributed by atoms with van der Waals surface area (Å²) >= 11 is 0. The fourth-order valence-corrected chi connectivity index (χ4v) is 11.1. The minimum atomic E-state index is 0.0658. The average molecular weight is 574 g/mol. The summed E-state index contributed by atoms with van der Waals surface area (Å²) in [5.41, 5.74) is 5.59. The number of phenolic OH excluding ortho intramolecular Hbond substituents is 1. The van der Waals surface area contributed by atoms with Crippen LogP contribution in [0.5, 0.6) is 5.75 Å². The number of fused-ring (bicyclic) bond motifs is 1. The van der Waals surface area contributed by atoms with Gasteiger partial charge in [-0.05, 0) is 109 Å². The first-order chi connectivity index (χ1) is 21.1. The molecule has 2 saturated heterocycles. The number of phenols is 1. The van der Waals surface area contributed by atoms with E-state index in [-0.39, 0.29) is 22.9 Å². The highest BCUT2D eigenvalue weighted by molar-refractivity contribution is 5.76. The lowest BCUT2D eigenvalue weighted by Crippen LogP contribution is -2.70. The van der Waals surface area contributed by atoms with Gasteiger partial charge in [-0.3, -0.25) is 4.90 Å². The zero-order chi connectivity index (χ0) is 28.8. The molecule has 5 unspecified atom stereocenters. The van der Waals surface area contributed by atoms with Crippen LogP contribution < -0.4 is 0 Å². The molecule has 43 heavy (non-hydrogen) atoms. The number of nitrogens with zero attached hydrogens (tertiary/aromatic N) is 3. The quantitative estimate of drug-likeness (QED) is 0.362. The van der Waals surface area contributed by atoms with Gasteiger partial charge in [-0.25, -0.2) is 4.79 Å². The normalized spacial score (nSPS) is 33.6. The minimum absolute atomic E-state index is 0.0658. The Hall–Kier alpha value is -3.31. The van der Waals surface area contributed by atoms with Gasteiger partial charge in [-0.2, -0.15) is 0 Å². The second-order valence-electron chi connectivity index (χ2n) is 14.7. The highest BCUT2D eigenvalue weighted by Crippen LogP contribution is 2.75. The van der Waals surface area contributed by atoms with Crippen LogP contribution in [0.1, 0.15) is 60.8 Å². The van der Waals surface area contributed by atoms with Crippen molar-refractivity contribution in [3.05, 3.63) is 101 Å². The summed E-state index contributed by atoms with van der Waals surface area (Å²) in [7, 11) is 0. The number of amides is 2. The molecule has 9 rings (SSSR count). The number of benzene rings is 3. The van der Waals surface area contributed by atoms with Crippen molar-refractivity contribution < 1.29 is 9.90 Å². The second kappa shape index (κ2) is 9.59. The number of carbonyl (C=O) groups excluding carboxylic acids is 1. The van der Waals surface area contributed by atoms with E-state index in [1.54, 1.807) is 0 Å². The molecule has 0 spiro atoms.